The number of hydrogen-bond acceptors (Lipinski definition) is 14. The standard InChI is InChI=1S/C46H47Cl2N9O6S2/c1-24-26(3)64-45-37(24)39(29-9-13-31(47)14-10-29)50-34(42-54-52-27(4)56(42)45)22-33(58)8-7-18-62-20-21-63-19-17-49-44(60)41-25(2)38-40(30-11-15-32(48)16-12-30)51-35(23-36(59)61-6)43-55-53-28(5)57(43)46(38)65-41/h9-16,34-35H,7-8,17-23H2,1-6H3,(H,49,60). The second-order valence-corrected chi connectivity index (χ2v) is 18.8. The van der Waals surface area contributed by atoms with Crippen LogP contribution >= 0.6 is 45.9 Å². The van der Waals surface area contributed by atoms with Gasteiger partial charge >= 0.3 is 5.97 Å². The lowest BCUT2D eigenvalue weighted by molar-refractivity contribution is -0.141. The maximum absolute atomic E-state index is 13.7. The summed E-state index contributed by atoms with van der Waals surface area (Å²) in [6, 6.07) is 13.7. The van der Waals surface area contributed by atoms with Gasteiger partial charge < -0.3 is 19.5 Å². The number of ether oxygens (including phenoxy) is 3. The molecule has 6 heterocycles. The summed E-state index contributed by atoms with van der Waals surface area (Å²) in [5.41, 5.74) is 6.75. The summed E-state index contributed by atoms with van der Waals surface area (Å²) in [6.45, 7) is 11.4. The van der Waals surface area contributed by atoms with Crippen molar-refractivity contribution in [3.63, 3.8) is 0 Å². The number of carbonyl (C=O) groups is 3. The zero-order valence-electron chi connectivity index (χ0n) is 36.7. The summed E-state index contributed by atoms with van der Waals surface area (Å²) in [6.07, 6.45) is 1.02. The van der Waals surface area contributed by atoms with Gasteiger partial charge in [0.1, 0.15) is 39.5 Å². The van der Waals surface area contributed by atoms with Crippen LogP contribution in [0.15, 0.2) is 58.5 Å². The van der Waals surface area contributed by atoms with Gasteiger partial charge in [0.05, 0.1) is 49.7 Å². The highest BCUT2D eigenvalue weighted by atomic mass is 35.5. The summed E-state index contributed by atoms with van der Waals surface area (Å²) in [4.78, 5) is 51.5. The Balaban J connectivity index is 0.831. The molecule has 19 heteroatoms. The number of Topliss-reactive ketones (excluding diaryl/α,β-unsaturated/α-hetero) is 1. The van der Waals surface area contributed by atoms with E-state index in [1.165, 1.54) is 23.3 Å². The van der Waals surface area contributed by atoms with Gasteiger partial charge in [-0.25, -0.2) is 0 Å². The fourth-order valence-corrected chi connectivity index (χ4v) is 10.7. The van der Waals surface area contributed by atoms with Gasteiger partial charge in [0.25, 0.3) is 5.91 Å². The fourth-order valence-electron chi connectivity index (χ4n) is 7.94. The zero-order valence-corrected chi connectivity index (χ0v) is 39.9. The third-order valence-electron chi connectivity index (χ3n) is 11.3. The van der Waals surface area contributed by atoms with Crippen molar-refractivity contribution in [2.45, 2.75) is 72.4 Å². The van der Waals surface area contributed by atoms with E-state index in [9.17, 15) is 14.4 Å². The van der Waals surface area contributed by atoms with E-state index in [1.807, 2.05) is 66.3 Å². The number of benzene rings is 2. The van der Waals surface area contributed by atoms with Crippen LogP contribution in [0.4, 0.5) is 0 Å². The molecule has 1 amide bonds. The number of halogens is 2. The molecule has 0 radical (unpaired) electrons. The van der Waals surface area contributed by atoms with E-state index in [0.717, 1.165) is 54.9 Å². The van der Waals surface area contributed by atoms with Gasteiger partial charge in [-0.1, -0.05) is 47.5 Å². The van der Waals surface area contributed by atoms with Crippen molar-refractivity contribution in [1.82, 2.24) is 34.8 Å². The SMILES string of the molecule is COC(=O)CC1N=C(c2ccc(Cl)cc2)c2c(sc(C(=O)NCCOCCOCCCC(=O)CC3N=C(c4ccc(Cl)cc4)c4c(sc(C)c4C)-n4c(C)nnc43)c2C)-n2c(C)nnc21. The molecular formula is C46H47Cl2N9O6S2. The van der Waals surface area contributed by atoms with E-state index in [0.29, 0.717) is 70.8 Å². The third-order valence-corrected chi connectivity index (χ3v) is 14.3. The molecule has 8 rings (SSSR count). The number of aromatic nitrogens is 6. The average Bonchev–Trinajstić information content (AvgIpc) is 4.00. The minimum Gasteiger partial charge on any atom is -0.469 e. The first-order valence-electron chi connectivity index (χ1n) is 21.1. The number of amides is 1. The first-order valence-corrected chi connectivity index (χ1v) is 23.5. The van der Waals surface area contributed by atoms with E-state index in [-0.39, 0.29) is 37.7 Å². The molecule has 0 spiro atoms. The van der Waals surface area contributed by atoms with E-state index in [4.69, 9.17) is 47.4 Å². The minimum absolute atomic E-state index is 0.0369. The maximum atomic E-state index is 13.7. The number of ketones is 1. The highest BCUT2D eigenvalue weighted by Crippen LogP contribution is 2.42. The smallest absolute Gasteiger partial charge is 0.308 e. The molecule has 2 aliphatic heterocycles. The monoisotopic (exact) mass is 955 g/mol. The number of rotatable bonds is 17. The Morgan fingerprint density at radius 3 is 1.77 bits per heavy atom. The van der Waals surface area contributed by atoms with Gasteiger partial charge in [0, 0.05) is 63.2 Å². The van der Waals surface area contributed by atoms with Crippen LogP contribution in [0, 0.1) is 34.6 Å². The Morgan fingerprint density at radius 2 is 1.20 bits per heavy atom. The van der Waals surface area contributed by atoms with Gasteiger partial charge in [-0.2, -0.15) is 0 Å². The molecule has 2 atom stereocenters. The lowest BCUT2D eigenvalue weighted by Gasteiger charge is -2.12. The molecule has 0 saturated carbocycles. The van der Waals surface area contributed by atoms with Crippen molar-refractivity contribution in [2.24, 2.45) is 9.98 Å². The normalized spacial score (nSPS) is 15.2. The maximum Gasteiger partial charge on any atom is 0.308 e. The van der Waals surface area contributed by atoms with E-state index < -0.39 is 18.1 Å². The lowest BCUT2D eigenvalue weighted by Crippen LogP contribution is -2.27. The molecule has 65 heavy (non-hydrogen) atoms. The average molecular weight is 957 g/mol. The Morgan fingerprint density at radius 1 is 0.677 bits per heavy atom. The van der Waals surface area contributed by atoms with Crippen molar-refractivity contribution < 1.29 is 28.6 Å². The van der Waals surface area contributed by atoms with Crippen LogP contribution in [0.25, 0.3) is 10.0 Å². The van der Waals surface area contributed by atoms with Gasteiger partial charge in [-0.15, -0.1) is 43.1 Å². The number of aliphatic imine (C=N–C) groups is 2. The zero-order chi connectivity index (χ0) is 45.9. The van der Waals surface area contributed by atoms with Crippen molar-refractivity contribution >= 4 is 75.0 Å². The van der Waals surface area contributed by atoms with Gasteiger partial charge in [0.15, 0.2) is 11.6 Å². The minimum atomic E-state index is -0.671. The van der Waals surface area contributed by atoms with Crippen molar-refractivity contribution in [3.05, 3.63) is 125 Å². The first kappa shape index (κ1) is 46.1. The van der Waals surface area contributed by atoms with Gasteiger partial charge in [-0.3, -0.25) is 33.5 Å². The Bertz CT molecular complexity index is 2830. The van der Waals surface area contributed by atoms with Crippen molar-refractivity contribution in [2.75, 3.05) is 40.1 Å². The topological polar surface area (TPSA) is 177 Å². The van der Waals surface area contributed by atoms with Gasteiger partial charge in [0.2, 0.25) is 0 Å². The van der Waals surface area contributed by atoms with E-state index >= 15 is 0 Å². The summed E-state index contributed by atoms with van der Waals surface area (Å²) < 4.78 is 20.5. The molecule has 0 fully saturated rings. The van der Waals surface area contributed by atoms with Crippen molar-refractivity contribution in [3.8, 4) is 10.0 Å². The molecule has 0 bridgehead atoms. The van der Waals surface area contributed by atoms with Crippen LogP contribution in [0.3, 0.4) is 0 Å². The van der Waals surface area contributed by atoms with Crippen LogP contribution in [0.2, 0.25) is 10.0 Å². The fraction of sp³-hybridized carbons (Fsp3) is 0.370. The van der Waals surface area contributed by atoms with E-state index in [1.54, 1.807) is 23.5 Å². The first-order chi connectivity index (χ1) is 31.3. The van der Waals surface area contributed by atoms with E-state index in [2.05, 4.69) is 39.6 Å². The Hall–Kier alpha value is -5.43. The molecule has 2 aliphatic rings. The molecule has 0 saturated heterocycles. The van der Waals surface area contributed by atoms with Gasteiger partial charge in [-0.05, 0) is 76.4 Å². The molecule has 6 aromatic rings. The Kier molecular flexibility index (Phi) is 14.2. The lowest BCUT2D eigenvalue weighted by atomic mass is 9.99. The summed E-state index contributed by atoms with van der Waals surface area (Å²) in [5, 5.41) is 23.5. The number of thiophene rings is 2. The quantitative estimate of drug-likeness (QED) is 0.0690. The molecule has 338 valence electrons. The molecule has 2 aromatic carbocycles. The molecule has 4 aromatic heterocycles. The summed E-state index contributed by atoms with van der Waals surface area (Å²) >= 11 is 15.5. The number of methoxy groups -OCH3 is 1. The highest BCUT2D eigenvalue weighted by Gasteiger charge is 2.35. The molecule has 1 N–H and O–H groups in total. The highest BCUT2D eigenvalue weighted by molar-refractivity contribution is 7.17. The van der Waals surface area contributed by atoms with Crippen LogP contribution in [-0.2, 0) is 23.8 Å². The number of nitrogens with zero attached hydrogens (tertiary/aromatic N) is 8. The molecule has 2 unspecified atom stereocenters. The number of carbonyl (C=O) groups excluding carboxylic acids is 3. The predicted molar refractivity (Wildman–Crippen MR) is 251 cm³/mol. The molecular weight excluding hydrogens is 910 g/mol. The second kappa shape index (κ2) is 20.0. The second-order valence-electron chi connectivity index (χ2n) is 15.7. The number of esters is 1. The van der Waals surface area contributed by atoms with Crippen LogP contribution in [0.5, 0.6) is 0 Å². The van der Waals surface area contributed by atoms with Crippen LogP contribution < -0.4 is 5.32 Å². The number of hydrogen-bond donors (Lipinski definition) is 1. The Labute approximate surface area is 393 Å². The predicted octanol–water partition coefficient (Wildman–Crippen LogP) is 8.37. The molecule has 0 aliphatic carbocycles. The van der Waals surface area contributed by atoms with Crippen LogP contribution in [0.1, 0.15) is 109 Å². The molecule has 15 nitrogen and oxygen atoms in total. The number of fused-ring (bicyclic) bond motifs is 6. The summed E-state index contributed by atoms with van der Waals surface area (Å²) in [7, 11) is 1.34. The summed E-state index contributed by atoms with van der Waals surface area (Å²) in [5.74, 6) is 1.83. The van der Waals surface area contributed by atoms with Crippen LogP contribution in [-0.4, -0.2) is 98.7 Å². The van der Waals surface area contributed by atoms with Crippen molar-refractivity contribution in [1.29, 1.82) is 0 Å². The third kappa shape index (κ3) is 9.62. The largest absolute Gasteiger partial charge is 0.469 e. The number of aryl methyl sites for hydroxylation is 3. The number of nitrogens with one attached hydrogen (secondary N) is 1.